The molecule has 0 saturated heterocycles. The first-order valence-electron chi connectivity index (χ1n) is 12.3. The number of amides is 1. The molecule has 0 aliphatic rings. The fourth-order valence-corrected chi connectivity index (χ4v) is 3.92. The van der Waals surface area contributed by atoms with Gasteiger partial charge in [-0.2, -0.15) is 0 Å². The summed E-state index contributed by atoms with van der Waals surface area (Å²) in [6.07, 6.45) is 0.569. The SMILES string of the molecule is COC(=O)c1cccc2c(CCN(C(=O)OC(C)(C)C)c3ccc([N+](=O)O)cc3)cn(C(=O)OC(C)(C)C)c12. The number of esters is 1. The first-order chi connectivity index (χ1) is 18.1. The average molecular weight is 541 g/mol. The minimum atomic E-state index is -0.776. The number of nitrogens with zero attached hydrogens (tertiary/aromatic N) is 3. The van der Waals surface area contributed by atoms with Gasteiger partial charge in [-0.25, -0.2) is 19.6 Å². The van der Waals surface area contributed by atoms with Crippen LogP contribution in [-0.2, 0) is 20.6 Å². The lowest BCUT2D eigenvalue weighted by Crippen LogP contribution is -2.38. The van der Waals surface area contributed by atoms with Crippen LogP contribution in [-0.4, -0.2) is 57.7 Å². The molecule has 0 spiro atoms. The predicted octanol–water partition coefficient (Wildman–Crippen LogP) is 5.99. The minimum absolute atomic E-state index is 0.00124. The first-order valence-corrected chi connectivity index (χ1v) is 12.3. The van der Waals surface area contributed by atoms with Crippen molar-refractivity contribution in [1.29, 1.82) is 0 Å². The Bertz CT molecular complexity index is 1400. The second kappa shape index (κ2) is 11.1. The molecule has 1 aromatic heterocycles. The number of hydrogen-bond acceptors (Lipinski definition) is 7. The monoisotopic (exact) mass is 540 g/mol. The lowest BCUT2D eigenvalue weighted by Gasteiger charge is -2.27. The van der Waals surface area contributed by atoms with E-state index in [4.69, 9.17) is 19.4 Å². The van der Waals surface area contributed by atoms with Crippen LogP contribution >= 0.6 is 0 Å². The maximum absolute atomic E-state index is 13.2. The predicted molar refractivity (Wildman–Crippen MR) is 144 cm³/mol. The molecule has 208 valence electrons. The zero-order valence-corrected chi connectivity index (χ0v) is 23.2. The highest BCUT2D eigenvalue weighted by Crippen LogP contribution is 2.29. The molecule has 2 aromatic carbocycles. The van der Waals surface area contributed by atoms with Gasteiger partial charge in [0, 0.05) is 35.9 Å². The van der Waals surface area contributed by atoms with Gasteiger partial charge in [0.25, 0.3) is 4.92 Å². The second-order valence-electron chi connectivity index (χ2n) is 10.9. The molecule has 3 rings (SSSR count). The van der Waals surface area contributed by atoms with Crippen LogP contribution in [0.25, 0.3) is 10.9 Å². The maximum Gasteiger partial charge on any atom is 0.419 e. The van der Waals surface area contributed by atoms with Gasteiger partial charge in [0.1, 0.15) is 11.2 Å². The van der Waals surface area contributed by atoms with E-state index in [0.29, 0.717) is 22.2 Å². The number of carbonyl (C=O) groups is 3. The molecule has 0 radical (unpaired) electrons. The Hall–Kier alpha value is -4.41. The Kier molecular flexibility index (Phi) is 8.33. The molecule has 1 heterocycles. The van der Waals surface area contributed by atoms with Crippen LogP contribution < -0.4 is 4.90 Å². The smallest absolute Gasteiger partial charge is 0.419 e. The van der Waals surface area contributed by atoms with Gasteiger partial charge in [0.2, 0.25) is 0 Å². The van der Waals surface area contributed by atoms with E-state index in [2.05, 4.69) is 0 Å². The molecular weight excluding hydrogens is 506 g/mol. The van der Waals surface area contributed by atoms with Gasteiger partial charge in [-0.15, -0.1) is 0 Å². The quantitative estimate of drug-likeness (QED) is 0.229. The summed E-state index contributed by atoms with van der Waals surface area (Å²) in [5.74, 6) is -0.609. The average Bonchev–Trinajstić information content (AvgIpc) is 3.21. The van der Waals surface area contributed by atoms with Gasteiger partial charge in [-0.05, 0) is 71.7 Å². The van der Waals surface area contributed by atoms with Crippen molar-refractivity contribution in [3.8, 4) is 0 Å². The van der Waals surface area contributed by atoms with Crippen molar-refractivity contribution < 1.29 is 38.7 Å². The summed E-state index contributed by atoms with van der Waals surface area (Å²) >= 11 is 0. The van der Waals surface area contributed by atoms with E-state index in [1.54, 1.807) is 65.9 Å². The summed E-state index contributed by atoms with van der Waals surface area (Å²) in [5.41, 5.74) is 0.0849. The zero-order chi connectivity index (χ0) is 29.1. The molecule has 11 heteroatoms. The summed E-state index contributed by atoms with van der Waals surface area (Å²) in [7, 11) is 1.26. The summed E-state index contributed by atoms with van der Waals surface area (Å²) < 4.78 is 17.4. The Labute approximate surface area is 226 Å². The molecule has 0 fully saturated rings. The van der Waals surface area contributed by atoms with E-state index in [1.165, 1.54) is 40.8 Å². The highest BCUT2D eigenvalue weighted by atomic mass is 16.6. The number of anilines is 1. The highest BCUT2D eigenvalue weighted by Gasteiger charge is 2.27. The maximum atomic E-state index is 13.2. The Morgan fingerprint density at radius 2 is 1.56 bits per heavy atom. The number of ether oxygens (including phenoxy) is 3. The molecule has 1 N–H and O–H groups in total. The summed E-state index contributed by atoms with van der Waals surface area (Å²) in [5, 5.41) is 9.78. The van der Waals surface area contributed by atoms with Gasteiger partial charge >= 0.3 is 23.8 Å². The van der Waals surface area contributed by atoms with Crippen molar-refractivity contribution in [2.24, 2.45) is 0 Å². The fourth-order valence-electron chi connectivity index (χ4n) is 3.92. The number of fused-ring (bicyclic) bond motifs is 1. The number of benzene rings is 2. The van der Waals surface area contributed by atoms with E-state index in [1.807, 2.05) is 0 Å². The number of carbonyl (C=O) groups excluding carboxylic acids is 3. The number of para-hydroxylation sites is 1. The zero-order valence-electron chi connectivity index (χ0n) is 23.2. The summed E-state index contributed by atoms with van der Waals surface area (Å²) in [4.78, 5) is 51.2. The largest absolute Gasteiger partial charge is 0.465 e. The molecule has 0 bridgehead atoms. The molecule has 0 atom stereocenters. The molecule has 39 heavy (non-hydrogen) atoms. The van der Waals surface area contributed by atoms with Gasteiger partial charge in [0.15, 0.2) is 0 Å². The van der Waals surface area contributed by atoms with E-state index in [9.17, 15) is 19.3 Å². The number of methoxy groups -OCH3 is 1. The molecule has 0 aliphatic heterocycles. The van der Waals surface area contributed by atoms with Gasteiger partial charge in [-0.1, -0.05) is 12.1 Å². The lowest BCUT2D eigenvalue weighted by molar-refractivity contribution is -0.729. The van der Waals surface area contributed by atoms with Crippen LogP contribution in [0.3, 0.4) is 0 Å². The van der Waals surface area contributed by atoms with Crippen LogP contribution in [0.1, 0.15) is 57.5 Å². The highest BCUT2D eigenvalue weighted by molar-refractivity contribution is 6.07. The lowest BCUT2D eigenvalue weighted by atomic mass is 10.1. The van der Waals surface area contributed by atoms with Gasteiger partial charge < -0.3 is 14.2 Å². The molecule has 0 unspecified atom stereocenters. The molecule has 3 aromatic rings. The van der Waals surface area contributed by atoms with Crippen molar-refractivity contribution in [3.63, 3.8) is 0 Å². The molecular formula is C28H34N3O8+. The van der Waals surface area contributed by atoms with Gasteiger partial charge in [0.05, 0.1) is 23.1 Å². The summed E-state index contributed by atoms with van der Waals surface area (Å²) in [6, 6.07) is 10.8. The van der Waals surface area contributed by atoms with E-state index < -0.39 is 29.4 Å². The van der Waals surface area contributed by atoms with Crippen LogP contribution in [0, 0.1) is 4.91 Å². The molecule has 11 nitrogen and oxygen atoms in total. The van der Waals surface area contributed by atoms with E-state index >= 15 is 0 Å². The fraction of sp³-hybridized carbons (Fsp3) is 0.393. The minimum Gasteiger partial charge on any atom is -0.465 e. The van der Waals surface area contributed by atoms with Crippen molar-refractivity contribution in [3.05, 3.63) is 64.7 Å². The van der Waals surface area contributed by atoms with Crippen LogP contribution in [0.15, 0.2) is 48.7 Å². The Balaban J connectivity index is 2.05. The second-order valence-corrected chi connectivity index (χ2v) is 10.9. The van der Waals surface area contributed by atoms with E-state index in [-0.39, 0.29) is 29.1 Å². The van der Waals surface area contributed by atoms with Crippen LogP contribution in [0.5, 0.6) is 0 Å². The molecule has 0 saturated carbocycles. The third-order valence-corrected chi connectivity index (χ3v) is 5.50. The standard InChI is InChI=1S/C28H34N3O8/c1-27(2,3)38-25(33)29(19-11-13-20(14-12-19)31(35)36)16-15-18-17-30(26(34)39-28(4,5)6)23-21(18)9-8-10-22(23)24(32)37-7/h8-14,17H,15-16H2,1-7H3,(H,35,36)/q+1. The Morgan fingerprint density at radius 3 is 2.10 bits per heavy atom. The molecule has 0 aliphatic carbocycles. The van der Waals surface area contributed by atoms with Crippen LogP contribution in [0.4, 0.5) is 21.0 Å². The van der Waals surface area contributed by atoms with Crippen molar-refractivity contribution in [2.75, 3.05) is 18.6 Å². The third-order valence-electron chi connectivity index (χ3n) is 5.50. The van der Waals surface area contributed by atoms with Crippen LogP contribution in [0.2, 0.25) is 0 Å². The Morgan fingerprint density at radius 1 is 0.949 bits per heavy atom. The van der Waals surface area contributed by atoms with Crippen molar-refractivity contribution in [1.82, 2.24) is 4.57 Å². The molecule has 1 amide bonds. The van der Waals surface area contributed by atoms with Crippen molar-refractivity contribution in [2.45, 2.75) is 59.2 Å². The van der Waals surface area contributed by atoms with Gasteiger partial charge in [-0.3, -0.25) is 9.47 Å². The van der Waals surface area contributed by atoms with Crippen molar-refractivity contribution >= 4 is 40.4 Å². The first kappa shape index (κ1) is 29.2. The normalized spacial score (nSPS) is 11.7. The number of hydrogen-bond donors (Lipinski definition) is 1. The number of aromatic nitrogens is 1. The number of rotatable bonds is 6. The topological polar surface area (TPSA) is 127 Å². The van der Waals surface area contributed by atoms with E-state index in [0.717, 1.165) is 0 Å². The third kappa shape index (κ3) is 7.13. The summed E-state index contributed by atoms with van der Waals surface area (Å²) in [6.45, 7) is 10.6.